The minimum atomic E-state index is -0.0927. The zero-order chi connectivity index (χ0) is 17.1. The van der Waals surface area contributed by atoms with Crippen molar-refractivity contribution in [1.29, 1.82) is 0 Å². The predicted octanol–water partition coefficient (Wildman–Crippen LogP) is 2.48. The maximum atomic E-state index is 12.4. The van der Waals surface area contributed by atoms with Gasteiger partial charge in [0.25, 0.3) is 5.91 Å². The van der Waals surface area contributed by atoms with Crippen molar-refractivity contribution in [3.05, 3.63) is 53.8 Å². The summed E-state index contributed by atoms with van der Waals surface area (Å²) in [4.78, 5) is 16.9. The van der Waals surface area contributed by atoms with Crippen LogP contribution in [0.5, 0.6) is 0 Å². The zero-order valence-electron chi connectivity index (χ0n) is 13.7. The summed E-state index contributed by atoms with van der Waals surface area (Å²) in [5, 5.41) is 13.4. The second-order valence-corrected chi connectivity index (χ2v) is 6.90. The quantitative estimate of drug-likeness (QED) is 0.756. The molecule has 0 saturated carbocycles. The number of rotatable bonds is 4. The number of piperidine rings is 1. The number of hydrogen-bond acceptors (Lipinski definition) is 5. The van der Waals surface area contributed by atoms with E-state index in [1.165, 1.54) is 11.3 Å². The van der Waals surface area contributed by atoms with Crippen LogP contribution in [0, 0.1) is 0 Å². The van der Waals surface area contributed by atoms with Gasteiger partial charge < -0.3 is 10.6 Å². The Morgan fingerprint density at radius 3 is 2.84 bits per heavy atom. The second-order valence-electron chi connectivity index (χ2n) is 6.04. The molecule has 7 heteroatoms. The number of benzene rings is 1. The van der Waals surface area contributed by atoms with Crippen LogP contribution >= 0.6 is 11.3 Å². The van der Waals surface area contributed by atoms with Crippen molar-refractivity contribution in [2.24, 2.45) is 0 Å². The molecule has 3 aromatic rings. The first-order valence-electron chi connectivity index (χ1n) is 8.37. The lowest BCUT2D eigenvalue weighted by Gasteiger charge is -2.23. The van der Waals surface area contributed by atoms with E-state index in [2.05, 4.69) is 20.7 Å². The lowest BCUT2D eigenvalue weighted by atomic mass is 10.1. The van der Waals surface area contributed by atoms with Crippen LogP contribution in [-0.4, -0.2) is 39.8 Å². The number of hydrogen-bond donors (Lipinski definition) is 2. The molecule has 1 saturated heterocycles. The molecule has 1 fully saturated rings. The average Bonchev–Trinajstić information content (AvgIpc) is 3.33. The highest BCUT2D eigenvalue weighted by Gasteiger charge is 2.18. The summed E-state index contributed by atoms with van der Waals surface area (Å²) in [7, 11) is 0. The summed E-state index contributed by atoms with van der Waals surface area (Å²) in [6, 6.07) is 10.2. The molecule has 1 aliphatic rings. The van der Waals surface area contributed by atoms with Crippen LogP contribution in [0.4, 0.5) is 0 Å². The second kappa shape index (κ2) is 7.16. The van der Waals surface area contributed by atoms with Crippen LogP contribution in [0.2, 0.25) is 0 Å². The van der Waals surface area contributed by atoms with Crippen molar-refractivity contribution >= 4 is 17.2 Å². The van der Waals surface area contributed by atoms with Crippen LogP contribution in [0.3, 0.4) is 0 Å². The average molecular weight is 353 g/mol. The minimum absolute atomic E-state index is 0.0927. The number of thiazole rings is 1. The van der Waals surface area contributed by atoms with Crippen molar-refractivity contribution in [3.63, 3.8) is 0 Å². The summed E-state index contributed by atoms with van der Waals surface area (Å²) >= 11 is 1.46. The van der Waals surface area contributed by atoms with Crippen LogP contribution in [0.1, 0.15) is 23.3 Å². The Balaban J connectivity index is 1.47. The molecule has 0 unspecified atom stereocenters. The first-order valence-corrected chi connectivity index (χ1v) is 9.25. The molecule has 0 spiro atoms. The highest BCUT2D eigenvalue weighted by Crippen LogP contribution is 2.24. The first-order chi connectivity index (χ1) is 12.3. The Kier molecular flexibility index (Phi) is 4.58. The molecule has 1 aliphatic heterocycles. The van der Waals surface area contributed by atoms with Crippen LogP contribution in [0.15, 0.2) is 48.1 Å². The summed E-state index contributed by atoms with van der Waals surface area (Å²) in [5.41, 5.74) is 2.38. The van der Waals surface area contributed by atoms with Crippen molar-refractivity contribution in [2.45, 2.75) is 18.9 Å². The molecule has 4 rings (SSSR count). The van der Waals surface area contributed by atoms with Gasteiger partial charge in [-0.05, 0) is 38.1 Å². The molecule has 0 radical (unpaired) electrons. The molecule has 3 heterocycles. The Bertz CT molecular complexity index is 851. The SMILES string of the molecule is O=C(NC1CCNCC1)c1csc(-c2cnn(-c3ccccc3)c2)n1. The van der Waals surface area contributed by atoms with Gasteiger partial charge in [-0.3, -0.25) is 4.79 Å². The van der Waals surface area contributed by atoms with Crippen molar-refractivity contribution < 1.29 is 4.79 Å². The fourth-order valence-corrected chi connectivity index (χ4v) is 3.67. The summed E-state index contributed by atoms with van der Waals surface area (Å²) in [6.45, 7) is 1.90. The van der Waals surface area contributed by atoms with Gasteiger partial charge in [0.1, 0.15) is 10.7 Å². The van der Waals surface area contributed by atoms with Crippen LogP contribution < -0.4 is 10.6 Å². The van der Waals surface area contributed by atoms with Gasteiger partial charge in [0, 0.05) is 23.2 Å². The summed E-state index contributed by atoms with van der Waals surface area (Å²) < 4.78 is 1.81. The fourth-order valence-electron chi connectivity index (χ4n) is 2.89. The number of aromatic nitrogens is 3. The monoisotopic (exact) mass is 353 g/mol. The molecule has 2 aromatic heterocycles. The molecular formula is C18H19N5OS. The van der Waals surface area contributed by atoms with E-state index in [4.69, 9.17) is 0 Å². The van der Waals surface area contributed by atoms with E-state index in [0.717, 1.165) is 42.2 Å². The number of carbonyl (C=O) groups is 1. The highest BCUT2D eigenvalue weighted by molar-refractivity contribution is 7.13. The molecule has 128 valence electrons. The maximum absolute atomic E-state index is 12.4. The van der Waals surface area contributed by atoms with E-state index in [-0.39, 0.29) is 11.9 Å². The lowest BCUT2D eigenvalue weighted by molar-refractivity contribution is 0.0925. The first kappa shape index (κ1) is 16.0. The zero-order valence-corrected chi connectivity index (χ0v) is 14.5. The van der Waals surface area contributed by atoms with Crippen molar-refractivity contribution in [3.8, 4) is 16.3 Å². The predicted molar refractivity (Wildman–Crippen MR) is 98.0 cm³/mol. The van der Waals surface area contributed by atoms with Crippen LogP contribution in [0.25, 0.3) is 16.3 Å². The Labute approximate surface area is 149 Å². The molecule has 1 amide bonds. The fraction of sp³-hybridized carbons (Fsp3) is 0.278. The number of nitrogens with one attached hydrogen (secondary N) is 2. The molecule has 0 bridgehead atoms. The van der Waals surface area contributed by atoms with E-state index in [0.29, 0.717) is 5.69 Å². The van der Waals surface area contributed by atoms with E-state index in [1.807, 2.05) is 46.6 Å². The van der Waals surface area contributed by atoms with Gasteiger partial charge in [-0.15, -0.1) is 11.3 Å². The van der Waals surface area contributed by atoms with Gasteiger partial charge in [0.15, 0.2) is 0 Å². The number of nitrogens with zero attached hydrogens (tertiary/aromatic N) is 3. The van der Waals surface area contributed by atoms with Gasteiger partial charge in [-0.25, -0.2) is 9.67 Å². The van der Waals surface area contributed by atoms with Gasteiger partial charge in [0.2, 0.25) is 0 Å². The lowest BCUT2D eigenvalue weighted by Crippen LogP contribution is -2.42. The molecular weight excluding hydrogens is 334 g/mol. The van der Waals surface area contributed by atoms with Crippen molar-refractivity contribution in [2.75, 3.05) is 13.1 Å². The minimum Gasteiger partial charge on any atom is -0.348 e. The summed E-state index contributed by atoms with van der Waals surface area (Å²) in [6.07, 6.45) is 5.64. The highest BCUT2D eigenvalue weighted by atomic mass is 32.1. The molecule has 6 nitrogen and oxygen atoms in total. The standard InChI is InChI=1S/C18H19N5OS/c24-17(21-14-6-8-19-9-7-14)16-12-25-18(22-16)13-10-20-23(11-13)15-4-2-1-3-5-15/h1-5,10-12,14,19H,6-9H2,(H,21,24). The number of amides is 1. The molecule has 2 N–H and O–H groups in total. The third-order valence-corrected chi connectivity index (χ3v) is 5.15. The Hall–Kier alpha value is -2.51. The van der Waals surface area contributed by atoms with Gasteiger partial charge >= 0.3 is 0 Å². The van der Waals surface area contributed by atoms with Gasteiger partial charge in [-0.2, -0.15) is 5.10 Å². The largest absolute Gasteiger partial charge is 0.348 e. The third kappa shape index (κ3) is 3.62. The number of para-hydroxylation sites is 1. The Morgan fingerprint density at radius 1 is 1.24 bits per heavy atom. The maximum Gasteiger partial charge on any atom is 0.270 e. The van der Waals surface area contributed by atoms with Gasteiger partial charge in [-0.1, -0.05) is 18.2 Å². The van der Waals surface area contributed by atoms with Gasteiger partial charge in [0.05, 0.1) is 11.9 Å². The van der Waals surface area contributed by atoms with E-state index in [9.17, 15) is 4.79 Å². The van der Waals surface area contributed by atoms with E-state index >= 15 is 0 Å². The molecule has 0 aliphatic carbocycles. The normalized spacial score (nSPS) is 15.2. The topological polar surface area (TPSA) is 71.8 Å². The van der Waals surface area contributed by atoms with E-state index < -0.39 is 0 Å². The van der Waals surface area contributed by atoms with Crippen LogP contribution in [-0.2, 0) is 0 Å². The Morgan fingerprint density at radius 2 is 2.04 bits per heavy atom. The molecule has 1 aromatic carbocycles. The molecule has 0 atom stereocenters. The van der Waals surface area contributed by atoms with E-state index in [1.54, 1.807) is 6.20 Å². The third-order valence-electron chi connectivity index (χ3n) is 4.26. The smallest absolute Gasteiger partial charge is 0.270 e. The summed E-state index contributed by atoms with van der Waals surface area (Å²) in [5.74, 6) is -0.0927. The number of carbonyl (C=O) groups excluding carboxylic acids is 1. The molecule has 25 heavy (non-hydrogen) atoms. The van der Waals surface area contributed by atoms with Crippen molar-refractivity contribution in [1.82, 2.24) is 25.4 Å².